The van der Waals surface area contributed by atoms with Gasteiger partial charge in [0.15, 0.2) is 0 Å². The van der Waals surface area contributed by atoms with Crippen LogP contribution in [-0.4, -0.2) is 16.1 Å². The van der Waals surface area contributed by atoms with Gasteiger partial charge in [-0.05, 0) is 44.2 Å². The first-order chi connectivity index (χ1) is 8.84. The van der Waals surface area contributed by atoms with E-state index < -0.39 is 0 Å². The van der Waals surface area contributed by atoms with Crippen LogP contribution in [0.25, 0.3) is 10.9 Å². The van der Waals surface area contributed by atoms with Crippen LogP contribution in [-0.2, 0) is 0 Å². The normalized spacial score (nSPS) is 16.9. The zero-order chi connectivity index (χ0) is 12.4. The molecule has 3 nitrogen and oxygen atoms in total. The number of aryl methyl sites for hydroxylation is 1. The van der Waals surface area contributed by atoms with E-state index in [0.717, 1.165) is 29.6 Å². The van der Waals surface area contributed by atoms with Crippen molar-refractivity contribution in [3.8, 4) is 5.88 Å². The summed E-state index contributed by atoms with van der Waals surface area (Å²) >= 11 is 0. The molecule has 94 valence electrons. The van der Waals surface area contributed by atoms with Crippen LogP contribution in [0.4, 0.5) is 0 Å². The third-order valence-corrected chi connectivity index (χ3v) is 3.66. The van der Waals surface area contributed by atoms with E-state index in [1.165, 1.54) is 24.8 Å². The van der Waals surface area contributed by atoms with Crippen molar-refractivity contribution in [3.05, 3.63) is 30.1 Å². The Labute approximate surface area is 107 Å². The number of nitrogens with zero attached hydrogens (tertiary/aromatic N) is 2. The Bertz CT molecular complexity index is 547. The Kier molecular flexibility index (Phi) is 3.13. The van der Waals surface area contributed by atoms with Crippen molar-refractivity contribution in [1.82, 2.24) is 9.97 Å². The van der Waals surface area contributed by atoms with Crippen molar-refractivity contribution in [2.24, 2.45) is 0 Å². The van der Waals surface area contributed by atoms with Gasteiger partial charge in [-0.3, -0.25) is 0 Å². The molecule has 0 aliphatic heterocycles. The van der Waals surface area contributed by atoms with Gasteiger partial charge < -0.3 is 4.74 Å². The zero-order valence-corrected chi connectivity index (χ0v) is 10.7. The van der Waals surface area contributed by atoms with Crippen molar-refractivity contribution in [2.45, 2.75) is 45.1 Å². The Morgan fingerprint density at radius 3 is 2.78 bits per heavy atom. The second-order valence-electron chi connectivity index (χ2n) is 5.03. The third-order valence-electron chi connectivity index (χ3n) is 3.66. The standard InChI is InChI=1S/C15H18N2O/c1-11-6-5-9-13-14(11)16-10-17-15(13)18-12-7-3-2-4-8-12/h5-6,9-10,12H,2-4,7-8H2,1H3. The molecule has 1 aliphatic carbocycles. The fourth-order valence-corrected chi connectivity index (χ4v) is 2.65. The Hall–Kier alpha value is -1.64. The Morgan fingerprint density at radius 2 is 1.94 bits per heavy atom. The van der Waals surface area contributed by atoms with Gasteiger partial charge in [0.2, 0.25) is 5.88 Å². The molecule has 0 bridgehead atoms. The SMILES string of the molecule is Cc1cccc2c(OC3CCCCC3)ncnc12. The summed E-state index contributed by atoms with van der Waals surface area (Å²) < 4.78 is 6.07. The molecule has 0 atom stereocenters. The lowest BCUT2D eigenvalue weighted by Gasteiger charge is -2.22. The molecule has 0 saturated heterocycles. The molecule has 3 heteroatoms. The topological polar surface area (TPSA) is 35.0 Å². The van der Waals surface area contributed by atoms with Gasteiger partial charge in [0, 0.05) is 0 Å². The van der Waals surface area contributed by atoms with Gasteiger partial charge in [-0.25, -0.2) is 9.97 Å². The molecule has 1 heterocycles. The molecular weight excluding hydrogens is 224 g/mol. The highest BCUT2D eigenvalue weighted by molar-refractivity contribution is 5.85. The van der Waals surface area contributed by atoms with Gasteiger partial charge in [0.05, 0.1) is 10.9 Å². The minimum absolute atomic E-state index is 0.331. The van der Waals surface area contributed by atoms with Gasteiger partial charge in [-0.15, -0.1) is 0 Å². The number of hydrogen-bond donors (Lipinski definition) is 0. The molecule has 0 amide bonds. The first kappa shape index (κ1) is 11.5. The molecule has 1 fully saturated rings. The molecule has 1 aromatic carbocycles. The van der Waals surface area contributed by atoms with Crippen LogP contribution in [0.2, 0.25) is 0 Å². The molecule has 18 heavy (non-hydrogen) atoms. The molecule has 0 unspecified atom stereocenters. The highest BCUT2D eigenvalue weighted by atomic mass is 16.5. The number of benzene rings is 1. The molecule has 0 radical (unpaired) electrons. The molecule has 2 aromatic rings. The molecule has 3 rings (SSSR count). The van der Waals surface area contributed by atoms with Crippen molar-refractivity contribution in [2.75, 3.05) is 0 Å². The fourth-order valence-electron chi connectivity index (χ4n) is 2.65. The lowest BCUT2D eigenvalue weighted by Crippen LogP contribution is -2.20. The average molecular weight is 242 g/mol. The van der Waals surface area contributed by atoms with Crippen molar-refractivity contribution >= 4 is 10.9 Å². The smallest absolute Gasteiger partial charge is 0.224 e. The van der Waals surface area contributed by atoms with E-state index in [2.05, 4.69) is 23.0 Å². The van der Waals surface area contributed by atoms with Crippen LogP contribution in [0.1, 0.15) is 37.7 Å². The average Bonchev–Trinajstić information content (AvgIpc) is 2.41. The van der Waals surface area contributed by atoms with Gasteiger partial charge in [-0.1, -0.05) is 18.6 Å². The number of rotatable bonds is 2. The second-order valence-corrected chi connectivity index (χ2v) is 5.03. The van der Waals surface area contributed by atoms with E-state index in [0.29, 0.717) is 6.10 Å². The first-order valence-corrected chi connectivity index (χ1v) is 6.71. The number of fused-ring (bicyclic) bond motifs is 1. The van der Waals surface area contributed by atoms with E-state index in [1.54, 1.807) is 6.33 Å². The first-order valence-electron chi connectivity index (χ1n) is 6.71. The summed E-state index contributed by atoms with van der Waals surface area (Å²) in [6.07, 6.45) is 8.11. The van der Waals surface area contributed by atoms with E-state index >= 15 is 0 Å². The molecule has 0 spiro atoms. The summed E-state index contributed by atoms with van der Waals surface area (Å²) in [4.78, 5) is 8.65. The number of ether oxygens (including phenoxy) is 1. The van der Waals surface area contributed by atoms with Gasteiger partial charge in [-0.2, -0.15) is 0 Å². The quantitative estimate of drug-likeness (QED) is 0.806. The molecular formula is C15H18N2O. The largest absolute Gasteiger partial charge is 0.474 e. The van der Waals surface area contributed by atoms with Gasteiger partial charge in [0.1, 0.15) is 12.4 Å². The fraction of sp³-hybridized carbons (Fsp3) is 0.467. The maximum absolute atomic E-state index is 6.07. The third kappa shape index (κ3) is 2.17. The maximum atomic E-state index is 6.07. The van der Waals surface area contributed by atoms with E-state index in [9.17, 15) is 0 Å². The van der Waals surface area contributed by atoms with Crippen molar-refractivity contribution in [3.63, 3.8) is 0 Å². The zero-order valence-electron chi connectivity index (χ0n) is 10.7. The van der Waals surface area contributed by atoms with Gasteiger partial charge >= 0.3 is 0 Å². The Balaban J connectivity index is 1.93. The summed E-state index contributed by atoms with van der Waals surface area (Å²) in [6.45, 7) is 2.07. The monoisotopic (exact) mass is 242 g/mol. The highest BCUT2D eigenvalue weighted by Crippen LogP contribution is 2.27. The highest BCUT2D eigenvalue weighted by Gasteiger charge is 2.17. The van der Waals surface area contributed by atoms with E-state index in [1.807, 2.05) is 12.1 Å². The van der Waals surface area contributed by atoms with E-state index in [4.69, 9.17) is 4.74 Å². The Morgan fingerprint density at radius 1 is 1.11 bits per heavy atom. The van der Waals surface area contributed by atoms with Crippen molar-refractivity contribution < 1.29 is 4.74 Å². The lowest BCUT2D eigenvalue weighted by molar-refractivity contribution is 0.151. The minimum Gasteiger partial charge on any atom is -0.474 e. The molecule has 1 aliphatic rings. The summed E-state index contributed by atoms with van der Waals surface area (Å²) in [5.41, 5.74) is 2.17. The summed E-state index contributed by atoms with van der Waals surface area (Å²) in [6, 6.07) is 6.15. The van der Waals surface area contributed by atoms with Crippen LogP contribution >= 0.6 is 0 Å². The minimum atomic E-state index is 0.331. The molecule has 0 N–H and O–H groups in total. The van der Waals surface area contributed by atoms with Crippen molar-refractivity contribution in [1.29, 1.82) is 0 Å². The predicted octanol–water partition coefficient (Wildman–Crippen LogP) is 3.65. The van der Waals surface area contributed by atoms with Crippen LogP contribution < -0.4 is 4.74 Å². The number of hydrogen-bond acceptors (Lipinski definition) is 3. The van der Waals surface area contributed by atoms with Crippen LogP contribution in [0, 0.1) is 6.92 Å². The number of para-hydroxylation sites is 1. The van der Waals surface area contributed by atoms with Crippen LogP contribution in [0.5, 0.6) is 5.88 Å². The predicted molar refractivity (Wildman–Crippen MR) is 71.8 cm³/mol. The second kappa shape index (κ2) is 4.92. The molecule has 1 saturated carbocycles. The maximum Gasteiger partial charge on any atom is 0.224 e. The summed E-state index contributed by atoms with van der Waals surface area (Å²) in [5, 5.41) is 1.03. The molecule has 1 aromatic heterocycles. The van der Waals surface area contributed by atoms with E-state index in [-0.39, 0.29) is 0 Å². The van der Waals surface area contributed by atoms with Crippen LogP contribution in [0.15, 0.2) is 24.5 Å². The summed E-state index contributed by atoms with van der Waals surface area (Å²) in [5.74, 6) is 0.746. The van der Waals surface area contributed by atoms with Gasteiger partial charge in [0.25, 0.3) is 0 Å². The summed E-state index contributed by atoms with van der Waals surface area (Å²) in [7, 11) is 0. The van der Waals surface area contributed by atoms with Crippen LogP contribution in [0.3, 0.4) is 0 Å². The lowest BCUT2D eigenvalue weighted by atomic mass is 9.98. The number of aromatic nitrogens is 2.